The lowest BCUT2D eigenvalue weighted by molar-refractivity contribution is -0.206. The predicted molar refractivity (Wildman–Crippen MR) is 91.7 cm³/mol. The van der Waals surface area contributed by atoms with E-state index in [2.05, 4.69) is 6.92 Å². The van der Waals surface area contributed by atoms with Crippen LogP contribution < -0.4 is 0 Å². The lowest BCUT2D eigenvalue weighted by Crippen LogP contribution is -2.27. The molecule has 1 saturated heterocycles. The summed E-state index contributed by atoms with van der Waals surface area (Å²) in [5.74, 6) is -3.59. The molecule has 0 saturated carbocycles. The first-order chi connectivity index (χ1) is 12.1. The van der Waals surface area contributed by atoms with Gasteiger partial charge in [0.1, 0.15) is 0 Å². The molecule has 0 N–H and O–H groups in total. The van der Waals surface area contributed by atoms with Gasteiger partial charge in [0.15, 0.2) is 23.7 Å². The molecule has 2 rings (SSSR count). The number of benzene rings is 1. The van der Waals surface area contributed by atoms with Crippen molar-refractivity contribution in [1.29, 1.82) is 0 Å². The smallest absolute Gasteiger partial charge is 0.194 e. The number of rotatable bonds is 10. The Hall–Kier alpha value is -1.07. The highest BCUT2D eigenvalue weighted by Crippen LogP contribution is 2.29. The van der Waals surface area contributed by atoms with Crippen LogP contribution in [0.15, 0.2) is 12.1 Å². The Bertz CT molecular complexity index is 491. The molecular formula is C20H29F3O2. The van der Waals surface area contributed by atoms with E-state index < -0.39 is 23.7 Å². The normalized spacial score (nSPS) is 20.8. The van der Waals surface area contributed by atoms with Gasteiger partial charge < -0.3 is 9.47 Å². The summed E-state index contributed by atoms with van der Waals surface area (Å²) >= 11 is 0. The van der Waals surface area contributed by atoms with E-state index in [9.17, 15) is 13.2 Å². The Labute approximate surface area is 148 Å². The summed E-state index contributed by atoms with van der Waals surface area (Å²) in [6.07, 6.45) is 10.4. The maximum Gasteiger partial charge on any atom is 0.194 e. The summed E-state index contributed by atoms with van der Waals surface area (Å²) < 4.78 is 50.7. The number of hydrogen-bond donors (Lipinski definition) is 0. The van der Waals surface area contributed by atoms with Gasteiger partial charge in [0.2, 0.25) is 0 Å². The molecule has 0 bridgehead atoms. The first-order valence-corrected chi connectivity index (χ1v) is 9.49. The van der Waals surface area contributed by atoms with Crippen LogP contribution in [0, 0.1) is 23.4 Å². The van der Waals surface area contributed by atoms with Gasteiger partial charge >= 0.3 is 0 Å². The molecule has 1 aliphatic rings. The highest BCUT2D eigenvalue weighted by atomic mass is 19.2. The second-order valence-electron chi connectivity index (χ2n) is 6.93. The van der Waals surface area contributed by atoms with Crippen LogP contribution in [0.4, 0.5) is 13.2 Å². The van der Waals surface area contributed by atoms with E-state index in [1.807, 2.05) is 0 Å². The van der Waals surface area contributed by atoms with E-state index in [1.165, 1.54) is 44.9 Å². The van der Waals surface area contributed by atoms with Crippen LogP contribution in [0.2, 0.25) is 0 Å². The number of ether oxygens (including phenoxy) is 2. The topological polar surface area (TPSA) is 18.5 Å². The third kappa shape index (κ3) is 6.63. The molecule has 0 amide bonds. The molecule has 5 heteroatoms. The summed E-state index contributed by atoms with van der Waals surface area (Å²) in [6, 6.07) is 1.86. The van der Waals surface area contributed by atoms with Gasteiger partial charge in [-0.3, -0.25) is 0 Å². The molecule has 0 unspecified atom stereocenters. The van der Waals surface area contributed by atoms with Crippen molar-refractivity contribution in [1.82, 2.24) is 0 Å². The van der Waals surface area contributed by atoms with Crippen molar-refractivity contribution in [3.63, 3.8) is 0 Å². The van der Waals surface area contributed by atoms with Gasteiger partial charge in [0, 0.05) is 11.5 Å². The Balaban J connectivity index is 1.62. The third-order valence-corrected chi connectivity index (χ3v) is 4.71. The SMILES string of the molecule is CCCCCCCCCCC1COC(c2cc(F)c(F)c(F)c2)OC1. The van der Waals surface area contributed by atoms with Crippen molar-refractivity contribution >= 4 is 0 Å². The predicted octanol–water partition coefficient (Wildman–Crippen LogP) is 6.30. The lowest BCUT2D eigenvalue weighted by atomic mass is 10.0. The second kappa shape index (κ2) is 10.8. The molecule has 1 aromatic carbocycles. The van der Waals surface area contributed by atoms with Crippen LogP contribution in [0.25, 0.3) is 0 Å². The molecule has 1 aromatic rings. The number of hydrogen-bond acceptors (Lipinski definition) is 2. The van der Waals surface area contributed by atoms with Gasteiger partial charge in [-0.05, 0) is 18.6 Å². The van der Waals surface area contributed by atoms with Crippen molar-refractivity contribution in [2.24, 2.45) is 5.92 Å². The minimum Gasteiger partial charge on any atom is -0.348 e. The Kier molecular flexibility index (Phi) is 8.76. The minimum atomic E-state index is -1.47. The molecule has 1 aliphatic heterocycles. The van der Waals surface area contributed by atoms with Gasteiger partial charge in [0.25, 0.3) is 0 Å². The monoisotopic (exact) mass is 358 g/mol. The quantitative estimate of drug-likeness (QED) is 0.361. The van der Waals surface area contributed by atoms with E-state index in [0.29, 0.717) is 19.1 Å². The van der Waals surface area contributed by atoms with Crippen molar-refractivity contribution in [2.45, 2.75) is 71.0 Å². The zero-order valence-electron chi connectivity index (χ0n) is 15.0. The highest BCUT2D eigenvalue weighted by molar-refractivity contribution is 5.20. The van der Waals surface area contributed by atoms with Gasteiger partial charge in [0.05, 0.1) is 13.2 Å². The highest BCUT2D eigenvalue weighted by Gasteiger charge is 2.25. The van der Waals surface area contributed by atoms with E-state index in [-0.39, 0.29) is 5.56 Å². The van der Waals surface area contributed by atoms with Crippen LogP contribution in [0.3, 0.4) is 0 Å². The average Bonchev–Trinajstić information content (AvgIpc) is 2.62. The molecule has 0 radical (unpaired) electrons. The Morgan fingerprint density at radius 1 is 0.840 bits per heavy atom. The Morgan fingerprint density at radius 2 is 1.36 bits per heavy atom. The van der Waals surface area contributed by atoms with Crippen molar-refractivity contribution < 1.29 is 22.6 Å². The molecule has 0 aromatic heterocycles. The van der Waals surface area contributed by atoms with Crippen molar-refractivity contribution in [3.05, 3.63) is 35.1 Å². The maximum absolute atomic E-state index is 13.3. The van der Waals surface area contributed by atoms with Gasteiger partial charge in [-0.25, -0.2) is 13.2 Å². The number of unbranched alkanes of at least 4 members (excludes halogenated alkanes) is 7. The van der Waals surface area contributed by atoms with Crippen LogP contribution in [0.1, 0.15) is 76.6 Å². The minimum absolute atomic E-state index is 0.182. The van der Waals surface area contributed by atoms with Crippen LogP contribution in [0.5, 0.6) is 0 Å². The van der Waals surface area contributed by atoms with Gasteiger partial charge in [-0.15, -0.1) is 0 Å². The fourth-order valence-electron chi connectivity index (χ4n) is 3.18. The van der Waals surface area contributed by atoms with E-state index in [4.69, 9.17) is 9.47 Å². The van der Waals surface area contributed by atoms with Crippen LogP contribution in [-0.2, 0) is 9.47 Å². The van der Waals surface area contributed by atoms with E-state index >= 15 is 0 Å². The molecule has 0 spiro atoms. The molecule has 25 heavy (non-hydrogen) atoms. The molecule has 2 nitrogen and oxygen atoms in total. The van der Waals surface area contributed by atoms with Crippen LogP contribution in [-0.4, -0.2) is 13.2 Å². The van der Waals surface area contributed by atoms with E-state index in [1.54, 1.807) is 0 Å². The fraction of sp³-hybridized carbons (Fsp3) is 0.700. The van der Waals surface area contributed by atoms with Crippen molar-refractivity contribution in [3.8, 4) is 0 Å². The zero-order valence-corrected chi connectivity index (χ0v) is 15.0. The van der Waals surface area contributed by atoms with Gasteiger partial charge in [-0.1, -0.05) is 58.3 Å². The molecule has 1 heterocycles. The molecular weight excluding hydrogens is 329 g/mol. The number of halogens is 3. The summed E-state index contributed by atoms with van der Waals surface area (Å²) in [7, 11) is 0. The molecule has 1 fully saturated rings. The van der Waals surface area contributed by atoms with E-state index in [0.717, 1.165) is 25.0 Å². The summed E-state index contributed by atoms with van der Waals surface area (Å²) in [5, 5.41) is 0. The molecule has 142 valence electrons. The first-order valence-electron chi connectivity index (χ1n) is 9.49. The zero-order chi connectivity index (χ0) is 18.1. The maximum atomic E-state index is 13.3. The Morgan fingerprint density at radius 3 is 1.92 bits per heavy atom. The largest absolute Gasteiger partial charge is 0.348 e. The summed E-state index contributed by atoms with van der Waals surface area (Å²) in [6.45, 7) is 3.23. The third-order valence-electron chi connectivity index (χ3n) is 4.71. The molecule has 0 aliphatic carbocycles. The fourth-order valence-corrected chi connectivity index (χ4v) is 3.18. The van der Waals surface area contributed by atoms with Gasteiger partial charge in [-0.2, -0.15) is 0 Å². The van der Waals surface area contributed by atoms with Crippen molar-refractivity contribution in [2.75, 3.05) is 13.2 Å². The summed E-state index contributed by atoms with van der Waals surface area (Å²) in [5.41, 5.74) is 0.182. The molecule has 0 atom stereocenters. The lowest BCUT2D eigenvalue weighted by Gasteiger charge is -2.29. The summed E-state index contributed by atoms with van der Waals surface area (Å²) in [4.78, 5) is 0. The second-order valence-corrected chi connectivity index (χ2v) is 6.93. The van der Waals surface area contributed by atoms with Crippen LogP contribution >= 0.6 is 0 Å². The average molecular weight is 358 g/mol. The first kappa shape index (κ1) is 20.2. The standard InChI is InChI=1S/C20H29F3O2/c1-2-3-4-5-6-7-8-9-10-15-13-24-20(25-14-15)16-11-17(21)19(23)18(22)12-16/h11-12,15,20H,2-10,13-14H2,1H3.